The number of ether oxygens (including phenoxy) is 3. The molecule has 4 bridgehead atoms. The van der Waals surface area contributed by atoms with E-state index in [0.29, 0.717) is 37.2 Å². The molecule has 42 heavy (non-hydrogen) atoms. The number of hydrogen-bond donors (Lipinski definition) is 1. The topological polar surface area (TPSA) is 77.1 Å². The van der Waals surface area contributed by atoms with E-state index < -0.39 is 9.71 Å². The highest BCUT2D eigenvalue weighted by Crippen LogP contribution is 2.47. The Labute approximate surface area is 254 Å². The average molecular weight is 613 g/mol. The van der Waals surface area contributed by atoms with Crippen molar-refractivity contribution in [3.05, 3.63) is 58.1 Å². The second-order valence-corrected chi connectivity index (χ2v) is 15.9. The van der Waals surface area contributed by atoms with E-state index in [9.17, 15) is 9.00 Å². The molecule has 226 valence electrons. The lowest BCUT2D eigenvalue weighted by Crippen LogP contribution is -2.51. The lowest BCUT2D eigenvalue weighted by Gasteiger charge is -2.48. The number of amides is 1. The summed E-state index contributed by atoms with van der Waals surface area (Å²) in [6.45, 7) is 5.34. The Hall–Kier alpha value is -2.26. The SMILES string of the molecule is C=S1(=O)CCO[C@H]2C[C@@H](OC[C@H]2C)[C@@H]2CC[C@H]2CN2C[C@@]3(CCCc4cc(Cl)ccc43)COc3ccc(cc32)C(=O)N1. The minimum atomic E-state index is -2.87. The molecule has 9 heteroatoms. The van der Waals surface area contributed by atoms with Crippen LogP contribution in [0.4, 0.5) is 5.69 Å². The first-order valence-electron chi connectivity index (χ1n) is 15.4. The number of fused-ring (bicyclic) bond motifs is 7. The first-order chi connectivity index (χ1) is 20.2. The second kappa shape index (κ2) is 11.0. The van der Waals surface area contributed by atoms with Gasteiger partial charge in [0.15, 0.2) is 0 Å². The summed E-state index contributed by atoms with van der Waals surface area (Å²) >= 11 is 6.42. The predicted molar refractivity (Wildman–Crippen MR) is 167 cm³/mol. The van der Waals surface area contributed by atoms with E-state index in [-0.39, 0.29) is 35.2 Å². The van der Waals surface area contributed by atoms with E-state index in [1.54, 1.807) is 6.07 Å². The standard InChI is InChI=1S/C33H41ClN2O5S/c1-21-18-40-31-16-30(21)39-12-13-42(2,38)35-32(37)23-6-10-29-28(15-23)36(17-24-5-8-26(24)31)19-33(20-41-29)11-3-4-22-14-25(34)7-9-27(22)33/h6-7,9-10,14-15,21,24,26,30-31H,2-5,8,11-13,16-20H2,1H3,(H,35,37,38)/t21-,24+,26-,30+,31-,33+,42?/m1/s1. The van der Waals surface area contributed by atoms with Gasteiger partial charge in [0, 0.05) is 51.1 Å². The van der Waals surface area contributed by atoms with Crippen molar-refractivity contribution >= 4 is 38.8 Å². The van der Waals surface area contributed by atoms with Crippen molar-refractivity contribution in [2.45, 2.75) is 63.1 Å². The minimum absolute atomic E-state index is 0.0450. The van der Waals surface area contributed by atoms with Crippen LogP contribution in [0.1, 0.15) is 60.5 Å². The van der Waals surface area contributed by atoms with Gasteiger partial charge in [-0.3, -0.25) is 9.52 Å². The second-order valence-electron chi connectivity index (χ2n) is 13.2. The Morgan fingerprint density at radius 2 is 2.02 bits per heavy atom. The predicted octanol–water partition coefficient (Wildman–Crippen LogP) is 5.02. The van der Waals surface area contributed by atoms with Crippen LogP contribution in [0.5, 0.6) is 5.75 Å². The van der Waals surface area contributed by atoms with E-state index in [0.717, 1.165) is 68.1 Å². The number of hydrogen-bond acceptors (Lipinski definition) is 6. The monoisotopic (exact) mass is 612 g/mol. The Morgan fingerprint density at radius 1 is 1.14 bits per heavy atom. The molecule has 7 atom stereocenters. The molecule has 1 saturated heterocycles. The fourth-order valence-corrected chi connectivity index (χ4v) is 9.02. The molecule has 2 fully saturated rings. The third-order valence-electron chi connectivity index (χ3n) is 10.4. The molecule has 2 aromatic rings. The van der Waals surface area contributed by atoms with Gasteiger partial charge in [-0.05, 0) is 91.3 Å². The maximum absolute atomic E-state index is 13.4. The largest absolute Gasteiger partial charge is 0.490 e. The normalized spacial score (nSPS) is 36.5. The van der Waals surface area contributed by atoms with Crippen LogP contribution in [0.2, 0.25) is 5.02 Å². The van der Waals surface area contributed by atoms with E-state index in [1.807, 2.05) is 18.2 Å². The summed E-state index contributed by atoms with van der Waals surface area (Å²) in [5.41, 5.74) is 3.82. The summed E-state index contributed by atoms with van der Waals surface area (Å²) in [7, 11) is -2.87. The van der Waals surface area contributed by atoms with Gasteiger partial charge in [-0.2, -0.15) is 0 Å². The number of carbonyl (C=O) groups excluding carboxylic acids is 1. The molecule has 3 aliphatic heterocycles. The first kappa shape index (κ1) is 28.5. The Balaban J connectivity index is 1.28. The number of nitrogens with one attached hydrogen (secondary N) is 1. The van der Waals surface area contributed by atoms with Gasteiger partial charge in [0.05, 0.1) is 43.5 Å². The van der Waals surface area contributed by atoms with E-state index in [2.05, 4.69) is 34.5 Å². The maximum Gasteiger partial charge on any atom is 0.262 e. The number of anilines is 1. The average Bonchev–Trinajstić information content (AvgIpc) is 3.09. The van der Waals surface area contributed by atoms with Gasteiger partial charge in [0.25, 0.3) is 5.91 Å². The summed E-state index contributed by atoms with van der Waals surface area (Å²) < 4.78 is 35.3. The molecule has 0 aromatic heterocycles. The minimum Gasteiger partial charge on any atom is -0.490 e. The zero-order valence-corrected chi connectivity index (χ0v) is 25.9. The van der Waals surface area contributed by atoms with E-state index in [1.165, 1.54) is 11.1 Å². The highest BCUT2D eigenvalue weighted by atomic mass is 35.5. The summed E-state index contributed by atoms with van der Waals surface area (Å²) in [6.07, 6.45) is 6.47. The Bertz CT molecular complexity index is 1480. The summed E-state index contributed by atoms with van der Waals surface area (Å²) in [5, 5.41) is 0.771. The lowest BCUT2D eigenvalue weighted by atomic mass is 9.67. The molecule has 1 unspecified atom stereocenters. The van der Waals surface area contributed by atoms with Gasteiger partial charge in [0.1, 0.15) is 5.75 Å². The zero-order valence-electron chi connectivity index (χ0n) is 24.3. The summed E-state index contributed by atoms with van der Waals surface area (Å²) in [4.78, 5) is 15.8. The van der Waals surface area contributed by atoms with Crippen molar-refractivity contribution in [3.8, 4) is 5.75 Å². The van der Waals surface area contributed by atoms with Crippen molar-refractivity contribution in [2.24, 2.45) is 17.8 Å². The molecule has 1 N–H and O–H groups in total. The van der Waals surface area contributed by atoms with Crippen LogP contribution < -0.4 is 14.4 Å². The number of aryl methyl sites for hydroxylation is 1. The number of rotatable bonds is 0. The zero-order chi connectivity index (χ0) is 29.1. The van der Waals surface area contributed by atoms with Gasteiger partial charge in [-0.15, -0.1) is 0 Å². The molecule has 5 aliphatic rings. The van der Waals surface area contributed by atoms with Gasteiger partial charge in [-0.25, -0.2) is 4.21 Å². The van der Waals surface area contributed by atoms with Gasteiger partial charge in [0.2, 0.25) is 0 Å². The molecule has 1 spiro atoms. The lowest BCUT2D eigenvalue weighted by molar-refractivity contribution is -0.139. The van der Waals surface area contributed by atoms with E-state index in [4.69, 9.17) is 25.8 Å². The maximum atomic E-state index is 13.4. The molecule has 0 radical (unpaired) electrons. The highest BCUT2D eigenvalue weighted by Gasteiger charge is 2.46. The van der Waals surface area contributed by atoms with Crippen LogP contribution in [-0.2, 0) is 31.0 Å². The molecule has 1 amide bonds. The molecule has 2 aliphatic carbocycles. The van der Waals surface area contributed by atoms with Gasteiger partial charge in [-0.1, -0.05) is 24.6 Å². The van der Waals surface area contributed by atoms with Gasteiger partial charge < -0.3 is 19.1 Å². The molecule has 2 aromatic carbocycles. The van der Waals surface area contributed by atoms with Crippen LogP contribution in [0.15, 0.2) is 36.4 Å². The van der Waals surface area contributed by atoms with Crippen molar-refractivity contribution in [2.75, 3.05) is 43.6 Å². The Kier molecular flexibility index (Phi) is 7.48. The van der Waals surface area contributed by atoms with Crippen molar-refractivity contribution in [3.63, 3.8) is 0 Å². The Morgan fingerprint density at radius 3 is 2.86 bits per heavy atom. The molecule has 7 nitrogen and oxygen atoms in total. The number of nitrogens with zero attached hydrogens (tertiary/aromatic N) is 1. The molecular weight excluding hydrogens is 572 g/mol. The van der Waals surface area contributed by atoms with Crippen LogP contribution in [-0.4, -0.2) is 66.9 Å². The number of halogens is 1. The van der Waals surface area contributed by atoms with Crippen LogP contribution >= 0.6 is 11.6 Å². The van der Waals surface area contributed by atoms with Crippen molar-refractivity contribution in [1.82, 2.24) is 4.72 Å². The molecular formula is C33H41ClN2O5S. The van der Waals surface area contributed by atoms with Crippen molar-refractivity contribution < 1.29 is 23.2 Å². The first-order valence-corrected chi connectivity index (χ1v) is 17.7. The quantitative estimate of drug-likeness (QED) is 0.421. The third kappa shape index (κ3) is 5.33. The highest BCUT2D eigenvalue weighted by molar-refractivity contribution is 7.99. The fourth-order valence-electron chi connectivity index (χ4n) is 7.91. The smallest absolute Gasteiger partial charge is 0.262 e. The molecule has 7 rings (SSSR count). The number of carbonyl (C=O) groups is 1. The van der Waals surface area contributed by atoms with Crippen LogP contribution in [0.25, 0.3) is 0 Å². The van der Waals surface area contributed by atoms with Crippen molar-refractivity contribution in [1.29, 1.82) is 0 Å². The summed E-state index contributed by atoms with van der Waals surface area (Å²) in [6, 6.07) is 11.9. The van der Waals surface area contributed by atoms with Gasteiger partial charge >= 0.3 is 0 Å². The van der Waals surface area contributed by atoms with Crippen LogP contribution in [0, 0.1) is 17.8 Å². The molecule has 1 saturated carbocycles. The van der Waals surface area contributed by atoms with Crippen LogP contribution in [0.3, 0.4) is 0 Å². The van der Waals surface area contributed by atoms with E-state index >= 15 is 0 Å². The number of benzene rings is 2. The fraction of sp³-hybridized carbons (Fsp3) is 0.576. The summed E-state index contributed by atoms with van der Waals surface area (Å²) in [5.74, 6) is 5.63. The molecule has 3 heterocycles. The third-order valence-corrected chi connectivity index (χ3v) is 12.0.